The first-order chi connectivity index (χ1) is 9.63. The first kappa shape index (κ1) is 12.7. The Balaban J connectivity index is 1.86. The summed E-state index contributed by atoms with van der Waals surface area (Å²) in [5, 5.41) is 29.5. The van der Waals surface area contributed by atoms with E-state index in [4.69, 9.17) is 0 Å². The van der Waals surface area contributed by atoms with Gasteiger partial charge in [-0.15, -0.1) is 5.10 Å². The van der Waals surface area contributed by atoms with Gasteiger partial charge in [-0.05, 0) is 19.1 Å². The fourth-order valence-electron chi connectivity index (χ4n) is 2.35. The summed E-state index contributed by atoms with van der Waals surface area (Å²) in [7, 11) is 0. The third-order valence-corrected chi connectivity index (χ3v) is 3.36. The average Bonchev–Trinajstić information content (AvgIpc) is 2.88. The minimum Gasteiger partial charge on any atom is -0.508 e. The van der Waals surface area contributed by atoms with E-state index in [9.17, 15) is 10.2 Å². The van der Waals surface area contributed by atoms with Crippen LogP contribution in [-0.4, -0.2) is 51.1 Å². The number of piperazine rings is 1. The van der Waals surface area contributed by atoms with E-state index < -0.39 is 0 Å². The summed E-state index contributed by atoms with van der Waals surface area (Å²) in [6.07, 6.45) is 0. The molecule has 4 N–H and O–H groups in total. The maximum absolute atomic E-state index is 9.84. The van der Waals surface area contributed by atoms with Crippen molar-refractivity contribution in [2.24, 2.45) is 0 Å². The van der Waals surface area contributed by atoms with Crippen LogP contribution in [0.25, 0.3) is 11.4 Å². The summed E-state index contributed by atoms with van der Waals surface area (Å²) in [5.74, 6) is 1.10. The zero-order chi connectivity index (χ0) is 14.1. The van der Waals surface area contributed by atoms with Crippen LogP contribution < -0.4 is 10.2 Å². The van der Waals surface area contributed by atoms with Crippen LogP contribution in [0.4, 0.5) is 5.95 Å². The van der Waals surface area contributed by atoms with Crippen LogP contribution in [0, 0.1) is 0 Å². The number of hydrogen-bond acceptors (Lipinski definition) is 6. The lowest BCUT2D eigenvalue weighted by Crippen LogP contribution is -2.49. The van der Waals surface area contributed by atoms with Crippen LogP contribution in [0.5, 0.6) is 11.5 Å². The summed E-state index contributed by atoms with van der Waals surface area (Å²) in [5.41, 5.74) is 0.518. The number of rotatable bonds is 2. The van der Waals surface area contributed by atoms with Gasteiger partial charge in [-0.2, -0.15) is 4.98 Å². The van der Waals surface area contributed by atoms with Crippen LogP contribution in [0.1, 0.15) is 6.92 Å². The molecule has 106 valence electrons. The minimum absolute atomic E-state index is 0.0157. The number of phenolic OH excluding ortho intramolecular Hbond substituents is 2. The Morgan fingerprint density at radius 2 is 2.20 bits per heavy atom. The van der Waals surface area contributed by atoms with Crippen molar-refractivity contribution in [3.63, 3.8) is 0 Å². The van der Waals surface area contributed by atoms with Gasteiger partial charge in [0.2, 0.25) is 5.95 Å². The lowest BCUT2D eigenvalue weighted by atomic mass is 10.2. The minimum atomic E-state index is -0.0265. The first-order valence-corrected chi connectivity index (χ1v) is 6.56. The Bertz CT molecular complexity index is 613. The number of nitrogens with zero attached hydrogens (tertiary/aromatic N) is 3. The number of hydrogen-bond donors (Lipinski definition) is 4. The summed E-state index contributed by atoms with van der Waals surface area (Å²) in [4.78, 5) is 6.51. The lowest BCUT2D eigenvalue weighted by Gasteiger charge is -2.30. The zero-order valence-electron chi connectivity index (χ0n) is 11.2. The van der Waals surface area contributed by atoms with Crippen molar-refractivity contribution in [3.05, 3.63) is 18.2 Å². The van der Waals surface area contributed by atoms with E-state index in [1.165, 1.54) is 12.1 Å². The molecule has 1 aromatic carbocycles. The van der Waals surface area contributed by atoms with E-state index in [1.807, 2.05) is 0 Å². The third-order valence-electron chi connectivity index (χ3n) is 3.36. The lowest BCUT2D eigenvalue weighted by molar-refractivity contribution is 0.451. The molecule has 1 aliphatic rings. The predicted molar refractivity (Wildman–Crippen MR) is 74.8 cm³/mol. The molecule has 0 spiro atoms. The van der Waals surface area contributed by atoms with Crippen molar-refractivity contribution < 1.29 is 10.2 Å². The molecular formula is C13H17N5O2. The molecule has 2 heterocycles. The predicted octanol–water partition coefficient (Wildman–Crippen LogP) is 0.681. The van der Waals surface area contributed by atoms with E-state index in [0.29, 0.717) is 23.4 Å². The van der Waals surface area contributed by atoms with Gasteiger partial charge in [0.05, 0.1) is 5.56 Å². The van der Waals surface area contributed by atoms with Gasteiger partial charge in [0.1, 0.15) is 11.5 Å². The van der Waals surface area contributed by atoms with Gasteiger partial charge in [0.15, 0.2) is 5.82 Å². The Kier molecular flexibility index (Phi) is 3.19. The molecule has 1 atom stereocenters. The number of nitrogens with one attached hydrogen (secondary N) is 2. The van der Waals surface area contributed by atoms with Crippen LogP contribution in [0.15, 0.2) is 18.2 Å². The van der Waals surface area contributed by atoms with Gasteiger partial charge < -0.3 is 20.4 Å². The van der Waals surface area contributed by atoms with E-state index in [-0.39, 0.29) is 11.5 Å². The Morgan fingerprint density at radius 1 is 1.35 bits per heavy atom. The van der Waals surface area contributed by atoms with Crippen LogP contribution in [0.3, 0.4) is 0 Å². The van der Waals surface area contributed by atoms with E-state index in [0.717, 1.165) is 19.6 Å². The SMILES string of the molecule is C[C@H]1CN(c2n[nH]c(-c3ccc(O)cc3O)n2)CCN1. The number of anilines is 1. The molecular weight excluding hydrogens is 258 g/mol. The second kappa shape index (κ2) is 5.01. The molecule has 2 aromatic rings. The Morgan fingerprint density at radius 3 is 2.95 bits per heavy atom. The average molecular weight is 275 g/mol. The molecule has 1 aliphatic heterocycles. The summed E-state index contributed by atoms with van der Waals surface area (Å²) in [6, 6.07) is 4.79. The van der Waals surface area contributed by atoms with E-state index >= 15 is 0 Å². The van der Waals surface area contributed by atoms with Crippen molar-refractivity contribution in [2.75, 3.05) is 24.5 Å². The maximum Gasteiger partial charge on any atom is 0.245 e. The normalized spacial score (nSPS) is 19.2. The van der Waals surface area contributed by atoms with Crippen molar-refractivity contribution in [3.8, 4) is 22.9 Å². The van der Waals surface area contributed by atoms with Crippen molar-refractivity contribution in [1.82, 2.24) is 20.5 Å². The van der Waals surface area contributed by atoms with Gasteiger partial charge in [-0.3, -0.25) is 5.10 Å². The number of aromatic hydroxyl groups is 2. The standard InChI is InChI=1S/C13H17N5O2/c1-8-7-18(5-4-14-8)13-15-12(16-17-13)10-3-2-9(19)6-11(10)20/h2-3,6,8,14,19-20H,4-5,7H2,1H3,(H,15,16,17)/t8-/m0/s1. The number of aromatic amines is 1. The van der Waals surface area contributed by atoms with Crippen molar-refractivity contribution in [1.29, 1.82) is 0 Å². The highest BCUT2D eigenvalue weighted by atomic mass is 16.3. The van der Waals surface area contributed by atoms with Gasteiger partial charge in [-0.25, -0.2) is 0 Å². The molecule has 1 saturated heterocycles. The highest BCUT2D eigenvalue weighted by Gasteiger charge is 2.20. The number of H-pyrrole nitrogens is 1. The largest absolute Gasteiger partial charge is 0.508 e. The third kappa shape index (κ3) is 2.39. The summed E-state index contributed by atoms with van der Waals surface area (Å²) >= 11 is 0. The molecule has 0 amide bonds. The van der Waals surface area contributed by atoms with Crippen LogP contribution in [0.2, 0.25) is 0 Å². The molecule has 20 heavy (non-hydrogen) atoms. The number of phenols is 2. The van der Waals surface area contributed by atoms with E-state index in [2.05, 4.69) is 32.3 Å². The highest BCUT2D eigenvalue weighted by molar-refractivity contribution is 5.65. The van der Waals surface area contributed by atoms with Gasteiger partial charge >= 0.3 is 0 Å². The topological polar surface area (TPSA) is 97.3 Å². The molecule has 0 radical (unpaired) electrons. The molecule has 1 fully saturated rings. The molecule has 0 unspecified atom stereocenters. The van der Waals surface area contributed by atoms with Gasteiger partial charge in [0, 0.05) is 31.7 Å². The maximum atomic E-state index is 9.84. The Hall–Kier alpha value is -2.28. The fourth-order valence-corrected chi connectivity index (χ4v) is 2.35. The molecule has 0 saturated carbocycles. The fraction of sp³-hybridized carbons (Fsp3) is 0.385. The highest BCUT2D eigenvalue weighted by Crippen LogP contribution is 2.30. The second-order valence-electron chi connectivity index (χ2n) is 4.99. The Labute approximate surface area is 116 Å². The molecule has 0 bridgehead atoms. The van der Waals surface area contributed by atoms with Crippen molar-refractivity contribution in [2.45, 2.75) is 13.0 Å². The molecule has 0 aliphatic carbocycles. The smallest absolute Gasteiger partial charge is 0.245 e. The molecule has 1 aromatic heterocycles. The van der Waals surface area contributed by atoms with Gasteiger partial charge in [-0.1, -0.05) is 0 Å². The molecule has 7 nitrogen and oxygen atoms in total. The van der Waals surface area contributed by atoms with Crippen LogP contribution in [-0.2, 0) is 0 Å². The number of benzene rings is 1. The number of aromatic nitrogens is 3. The second-order valence-corrected chi connectivity index (χ2v) is 4.99. The monoisotopic (exact) mass is 275 g/mol. The zero-order valence-corrected chi connectivity index (χ0v) is 11.2. The quantitative estimate of drug-likeness (QED) is 0.643. The molecule has 3 rings (SSSR count). The van der Waals surface area contributed by atoms with E-state index in [1.54, 1.807) is 6.07 Å². The summed E-state index contributed by atoms with van der Waals surface area (Å²) < 4.78 is 0. The van der Waals surface area contributed by atoms with Crippen LogP contribution >= 0.6 is 0 Å². The summed E-state index contributed by atoms with van der Waals surface area (Å²) in [6.45, 7) is 4.71. The van der Waals surface area contributed by atoms with Gasteiger partial charge in [0.25, 0.3) is 0 Å². The van der Waals surface area contributed by atoms with Crippen molar-refractivity contribution >= 4 is 5.95 Å². The molecule has 7 heteroatoms. The first-order valence-electron chi connectivity index (χ1n) is 6.56.